The Bertz CT molecular complexity index is 666. The fourth-order valence-corrected chi connectivity index (χ4v) is 2.73. The van der Waals surface area contributed by atoms with E-state index in [1.807, 2.05) is 0 Å². The van der Waals surface area contributed by atoms with E-state index < -0.39 is 24.5 Å². The van der Waals surface area contributed by atoms with Crippen molar-refractivity contribution >= 4 is 24.0 Å². The van der Waals surface area contributed by atoms with E-state index in [-0.39, 0.29) is 6.04 Å². The zero-order chi connectivity index (χ0) is 18.8. The molecule has 0 heterocycles. The van der Waals surface area contributed by atoms with Gasteiger partial charge < -0.3 is 14.8 Å². The van der Waals surface area contributed by atoms with E-state index in [1.165, 1.54) is 12.5 Å². The van der Waals surface area contributed by atoms with Gasteiger partial charge in [0.05, 0.1) is 7.11 Å². The van der Waals surface area contributed by atoms with Crippen LogP contribution in [0.1, 0.15) is 37.7 Å². The van der Waals surface area contributed by atoms with E-state index in [0.29, 0.717) is 5.75 Å². The van der Waals surface area contributed by atoms with Crippen molar-refractivity contribution in [3.05, 3.63) is 35.9 Å². The van der Waals surface area contributed by atoms with Crippen LogP contribution >= 0.6 is 0 Å². The van der Waals surface area contributed by atoms with Crippen LogP contribution in [0.25, 0.3) is 6.08 Å². The second-order valence-corrected chi connectivity index (χ2v) is 6.07. The Morgan fingerprint density at radius 2 is 1.96 bits per heavy atom. The number of imide groups is 1. The second-order valence-electron chi connectivity index (χ2n) is 6.07. The normalized spacial score (nSPS) is 14.7. The van der Waals surface area contributed by atoms with Crippen LogP contribution in [0.15, 0.2) is 30.3 Å². The molecule has 0 spiro atoms. The van der Waals surface area contributed by atoms with Gasteiger partial charge in [0, 0.05) is 12.1 Å². The highest BCUT2D eigenvalue weighted by Crippen LogP contribution is 2.17. The van der Waals surface area contributed by atoms with Crippen LogP contribution in [0, 0.1) is 0 Å². The van der Waals surface area contributed by atoms with Crippen LogP contribution in [0.5, 0.6) is 5.75 Å². The third-order valence-corrected chi connectivity index (χ3v) is 4.04. The van der Waals surface area contributed by atoms with Gasteiger partial charge in [0.1, 0.15) is 5.75 Å². The van der Waals surface area contributed by atoms with Crippen LogP contribution in [-0.2, 0) is 14.3 Å². The Kier molecular flexibility index (Phi) is 7.67. The van der Waals surface area contributed by atoms with Gasteiger partial charge >= 0.3 is 12.0 Å². The Morgan fingerprint density at radius 3 is 2.69 bits per heavy atom. The Hall–Kier alpha value is -2.83. The molecule has 2 N–H and O–H groups in total. The molecule has 1 aliphatic carbocycles. The number of esters is 1. The predicted octanol–water partition coefficient (Wildman–Crippen LogP) is 2.41. The number of nitrogens with one attached hydrogen (secondary N) is 2. The third kappa shape index (κ3) is 6.96. The molecule has 2 rings (SSSR count). The molecule has 1 aromatic rings. The highest BCUT2D eigenvalue weighted by molar-refractivity contribution is 5.96. The zero-order valence-electron chi connectivity index (χ0n) is 14.8. The highest BCUT2D eigenvalue weighted by Gasteiger charge is 2.17. The fraction of sp³-hybridized carbons (Fsp3) is 0.421. The first-order valence-electron chi connectivity index (χ1n) is 8.66. The summed E-state index contributed by atoms with van der Waals surface area (Å²) in [7, 11) is 1.56. The standard InChI is InChI=1S/C19H24N2O5/c1-25-16-9-5-6-14(12-16)10-11-18(23)26-13-17(22)21-19(24)20-15-7-3-2-4-8-15/h5-6,9-12,15H,2-4,7-8,13H2,1H3,(H2,20,21,22,24)/b11-10+. The first kappa shape index (κ1) is 19.5. The zero-order valence-corrected chi connectivity index (χ0v) is 14.8. The van der Waals surface area contributed by atoms with E-state index in [1.54, 1.807) is 37.5 Å². The monoisotopic (exact) mass is 360 g/mol. The molecular formula is C19H24N2O5. The number of rotatable bonds is 6. The number of carbonyl (C=O) groups excluding carboxylic acids is 3. The molecule has 0 aliphatic heterocycles. The molecule has 1 aliphatic rings. The molecule has 0 radical (unpaired) electrons. The first-order valence-corrected chi connectivity index (χ1v) is 8.66. The van der Waals surface area contributed by atoms with Gasteiger partial charge in [-0.2, -0.15) is 0 Å². The van der Waals surface area contributed by atoms with Crippen molar-refractivity contribution in [2.24, 2.45) is 0 Å². The molecule has 1 saturated carbocycles. The summed E-state index contributed by atoms with van der Waals surface area (Å²) >= 11 is 0. The number of benzene rings is 1. The molecule has 140 valence electrons. The maximum absolute atomic E-state index is 11.7. The average Bonchev–Trinajstić information content (AvgIpc) is 2.65. The Balaban J connectivity index is 1.69. The van der Waals surface area contributed by atoms with Gasteiger partial charge in [-0.15, -0.1) is 0 Å². The molecule has 26 heavy (non-hydrogen) atoms. The summed E-state index contributed by atoms with van der Waals surface area (Å²) in [5.74, 6) is -0.666. The van der Waals surface area contributed by atoms with Crippen LogP contribution in [-0.4, -0.2) is 37.7 Å². The molecule has 0 atom stereocenters. The first-order chi connectivity index (χ1) is 12.6. The molecule has 0 unspecified atom stereocenters. The summed E-state index contributed by atoms with van der Waals surface area (Å²) in [5, 5.41) is 4.92. The van der Waals surface area contributed by atoms with E-state index in [0.717, 1.165) is 31.2 Å². The number of carbonyl (C=O) groups is 3. The lowest BCUT2D eigenvalue weighted by molar-refractivity contribution is -0.143. The van der Waals surface area contributed by atoms with Crippen LogP contribution in [0.3, 0.4) is 0 Å². The quantitative estimate of drug-likeness (QED) is 0.600. The van der Waals surface area contributed by atoms with Gasteiger partial charge in [-0.05, 0) is 36.6 Å². The lowest BCUT2D eigenvalue weighted by atomic mass is 9.96. The molecule has 3 amide bonds. The van der Waals surface area contributed by atoms with Gasteiger partial charge in [0.25, 0.3) is 5.91 Å². The number of hydrogen-bond acceptors (Lipinski definition) is 5. The lowest BCUT2D eigenvalue weighted by Gasteiger charge is -2.22. The van der Waals surface area contributed by atoms with Crippen LogP contribution < -0.4 is 15.4 Å². The summed E-state index contributed by atoms with van der Waals surface area (Å²) in [5.41, 5.74) is 0.762. The van der Waals surface area contributed by atoms with E-state index in [4.69, 9.17) is 9.47 Å². The van der Waals surface area contributed by atoms with Crippen molar-refractivity contribution in [1.29, 1.82) is 0 Å². The second kappa shape index (κ2) is 10.2. The molecular weight excluding hydrogens is 336 g/mol. The van der Waals surface area contributed by atoms with Crippen molar-refractivity contribution in [1.82, 2.24) is 10.6 Å². The van der Waals surface area contributed by atoms with Gasteiger partial charge in [0.2, 0.25) is 0 Å². The Labute approximate surface area is 152 Å². The maximum atomic E-state index is 11.7. The minimum atomic E-state index is -0.671. The summed E-state index contributed by atoms with van der Waals surface area (Å²) < 4.78 is 9.92. The van der Waals surface area contributed by atoms with E-state index in [9.17, 15) is 14.4 Å². The number of ether oxygens (including phenoxy) is 2. The molecule has 0 bridgehead atoms. The number of methoxy groups -OCH3 is 1. The summed E-state index contributed by atoms with van der Waals surface area (Å²) in [6.07, 6.45) is 7.95. The van der Waals surface area contributed by atoms with Gasteiger partial charge in [-0.1, -0.05) is 31.4 Å². The molecule has 1 aromatic carbocycles. The molecule has 7 heteroatoms. The van der Waals surface area contributed by atoms with Crippen molar-refractivity contribution < 1.29 is 23.9 Å². The summed E-state index contributed by atoms with van der Waals surface area (Å²) in [6.45, 7) is -0.515. The Morgan fingerprint density at radius 1 is 1.19 bits per heavy atom. The van der Waals surface area contributed by atoms with Gasteiger partial charge in [-0.3, -0.25) is 10.1 Å². The molecule has 7 nitrogen and oxygen atoms in total. The van der Waals surface area contributed by atoms with Gasteiger partial charge in [0.15, 0.2) is 6.61 Å². The minimum Gasteiger partial charge on any atom is -0.497 e. The fourth-order valence-electron chi connectivity index (χ4n) is 2.73. The SMILES string of the molecule is COc1cccc(/C=C/C(=O)OCC(=O)NC(=O)NC2CCCCC2)c1. The van der Waals surface area contributed by atoms with E-state index in [2.05, 4.69) is 10.6 Å². The van der Waals surface area contributed by atoms with Crippen molar-refractivity contribution in [3.8, 4) is 5.75 Å². The van der Waals surface area contributed by atoms with Crippen molar-refractivity contribution in [3.63, 3.8) is 0 Å². The highest BCUT2D eigenvalue weighted by atomic mass is 16.5. The smallest absolute Gasteiger partial charge is 0.331 e. The van der Waals surface area contributed by atoms with Crippen LogP contribution in [0.2, 0.25) is 0 Å². The molecule has 1 fully saturated rings. The predicted molar refractivity (Wildman–Crippen MR) is 96.5 cm³/mol. The topological polar surface area (TPSA) is 93.7 Å². The van der Waals surface area contributed by atoms with Crippen molar-refractivity contribution in [2.75, 3.05) is 13.7 Å². The van der Waals surface area contributed by atoms with Crippen molar-refractivity contribution in [2.45, 2.75) is 38.1 Å². The molecule has 0 saturated heterocycles. The average molecular weight is 360 g/mol. The summed E-state index contributed by atoms with van der Waals surface area (Å²) in [6, 6.07) is 6.69. The third-order valence-electron chi connectivity index (χ3n) is 4.04. The lowest BCUT2D eigenvalue weighted by Crippen LogP contribution is -2.46. The number of hydrogen-bond donors (Lipinski definition) is 2. The number of urea groups is 1. The van der Waals surface area contributed by atoms with E-state index >= 15 is 0 Å². The minimum absolute atomic E-state index is 0.102. The van der Waals surface area contributed by atoms with Crippen LogP contribution in [0.4, 0.5) is 4.79 Å². The molecule has 0 aromatic heterocycles. The maximum Gasteiger partial charge on any atom is 0.331 e. The van der Waals surface area contributed by atoms with Gasteiger partial charge in [-0.25, -0.2) is 9.59 Å². The summed E-state index contributed by atoms with van der Waals surface area (Å²) in [4.78, 5) is 35.1. The largest absolute Gasteiger partial charge is 0.497 e. The number of amides is 3.